The molecule has 0 saturated carbocycles. The van der Waals surface area contributed by atoms with Crippen molar-refractivity contribution in [2.45, 2.75) is 45.8 Å². The normalized spacial score (nSPS) is 20.0. The summed E-state index contributed by atoms with van der Waals surface area (Å²) in [6, 6.07) is 10.9. The highest BCUT2D eigenvalue weighted by molar-refractivity contribution is 5.92. The van der Waals surface area contributed by atoms with E-state index in [2.05, 4.69) is 53.1 Å². The van der Waals surface area contributed by atoms with Gasteiger partial charge in [0, 0.05) is 38.3 Å². The van der Waals surface area contributed by atoms with Crippen LogP contribution < -0.4 is 0 Å². The van der Waals surface area contributed by atoms with Gasteiger partial charge in [-0.15, -0.1) is 0 Å². The third-order valence-electron chi connectivity index (χ3n) is 6.15. The Morgan fingerprint density at radius 1 is 1.21 bits per heavy atom. The van der Waals surface area contributed by atoms with Crippen LogP contribution in [0.25, 0.3) is 0 Å². The minimum atomic E-state index is -0.00588. The zero-order valence-corrected chi connectivity index (χ0v) is 16.9. The maximum atomic E-state index is 12.8. The highest BCUT2D eigenvalue weighted by Crippen LogP contribution is 2.22. The Morgan fingerprint density at radius 3 is 2.79 bits per heavy atom. The second-order valence-electron chi connectivity index (χ2n) is 7.82. The van der Waals surface area contributed by atoms with E-state index in [9.17, 15) is 4.79 Å². The molecule has 0 N–H and O–H groups in total. The Kier molecular flexibility index (Phi) is 5.78. The molecule has 150 valence electrons. The molecule has 1 fully saturated rings. The Bertz CT molecular complexity index is 814. The summed E-state index contributed by atoms with van der Waals surface area (Å²) < 4.78 is 5.50. The third-order valence-corrected chi connectivity index (χ3v) is 6.15. The molecule has 1 atom stereocenters. The van der Waals surface area contributed by atoms with Crippen molar-refractivity contribution in [2.75, 3.05) is 32.7 Å². The van der Waals surface area contributed by atoms with Crippen LogP contribution in [0.3, 0.4) is 0 Å². The number of carbonyl (C=O) groups is 1. The first-order valence-electron chi connectivity index (χ1n) is 10.5. The van der Waals surface area contributed by atoms with E-state index < -0.39 is 0 Å². The second kappa shape index (κ2) is 8.45. The van der Waals surface area contributed by atoms with Crippen LogP contribution in [0.15, 0.2) is 34.9 Å². The molecule has 0 unspecified atom stereocenters. The van der Waals surface area contributed by atoms with Crippen molar-refractivity contribution in [3.63, 3.8) is 0 Å². The minimum Gasteiger partial charge on any atom is -0.359 e. The first-order valence-corrected chi connectivity index (χ1v) is 10.5. The summed E-state index contributed by atoms with van der Waals surface area (Å²) in [6.45, 7) is 10.6. The molecule has 4 rings (SSSR count). The van der Waals surface area contributed by atoms with Crippen molar-refractivity contribution in [2.24, 2.45) is 0 Å². The molecule has 0 spiro atoms. The summed E-state index contributed by atoms with van der Waals surface area (Å²) >= 11 is 0. The Balaban J connectivity index is 1.35. The molecule has 0 bridgehead atoms. The molecule has 28 heavy (non-hydrogen) atoms. The predicted molar refractivity (Wildman–Crippen MR) is 108 cm³/mol. The summed E-state index contributed by atoms with van der Waals surface area (Å²) in [5.41, 5.74) is 3.25. The minimum absolute atomic E-state index is 0.00588. The number of likely N-dealkylation sites (N-methyl/N-ethyl adjacent to an activating group) is 1. The summed E-state index contributed by atoms with van der Waals surface area (Å²) in [7, 11) is 0. The van der Waals surface area contributed by atoms with Crippen LogP contribution in [0.4, 0.5) is 0 Å². The first kappa shape index (κ1) is 19.2. The lowest BCUT2D eigenvalue weighted by atomic mass is 10.00. The average Bonchev–Trinajstić information content (AvgIpc) is 3.39. The molecule has 1 aromatic heterocycles. The molecular weight excluding hydrogens is 352 g/mol. The van der Waals surface area contributed by atoms with Crippen LogP contribution in [0.1, 0.15) is 47.6 Å². The van der Waals surface area contributed by atoms with Gasteiger partial charge in [0.25, 0.3) is 5.91 Å². The lowest BCUT2D eigenvalue weighted by molar-refractivity contribution is 0.0767. The highest BCUT2D eigenvalue weighted by Gasteiger charge is 2.31. The summed E-state index contributed by atoms with van der Waals surface area (Å²) in [5, 5.41) is 4.07. The van der Waals surface area contributed by atoms with Gasteiger partial charge in [-0.25, -0.2) is 0 Å². The summed E-state index contributed by atoms with van der Waals surface area (Å²) in [6.07, 6.45) is 2.09. The molecule has 2 aliphatic rings. The van der Waals surface area contributed by atoms with Crippen molar-refractivity contribution < 1.29 is 9.32 Å². The molecule has 6 heteroatoms. The van der Waals surface area contributed by atoms with Crippen LogP contribution in [0.2, 0.25) is 0 Å². The molecule has 1 amide bonds. The van der Waals surface area contributed by atoms with E-state index in [1.54, 1.807) is 0 Å². The van der Waals surface area contributed by atoms with Crippen molar-refractivity contribution in [3.8, 4) is 0 Å². The van der Waals surface area contributed by atoms with Gasteiger partial charge in [0.2, 0.25) is 0 Å². The number of amides is 1. The lowest BCUT2D eigenvalue weighted by Crippen LogP contribution is -2.38. The van der Waals surface area contributed by atoms with E-state index in [1.807, 2.05) is 11.0 Å². The van der Waals surface area contributed by atoms with Gasteiger partial charge in [-0.2, -0.15) is 0 Å². The van der Waals surface area contributed by atoms with E-state index in [4.69, 9.17) is 4.52 Å². The number of hydrogen-bond donors (Lipinski definition) is 0. The molecular formula is C22H30N4O2. The summed E-state index contributed by atoms with van der Waals surface area (Å²) in [5.74, 6) is 0.760. The topological polar surface area (TPSA) is 52.8 Å². The number of rotatable bonds is 6. The number of likely N-dealkylation sites (tertiary alicyclic amines) is 1. The van der Waals surface area contributed by atoms with Crippen LogP contribution in [-0.2, 0) is 19.5 Å². The molecule has 0 radical (unpaired) electrons. The maximum Gasteiger partial charge on any atom is 0.276 e. The SMILES string of the molecule is CCN(CC)[C@@H]1CCN(C(=O)c2cc(CN3CCc4ccccc4C3)on2)C1. The van der Waals surface area contributed by atoms with Gasteiger partial charge in [0.05, 0.1) is 6.54 Å². The van der Waals surface area contributed by atoms with Gasteiger partial charge in [-0.1, -0.05) is 43.3 Å². The van der Waals surface area contributed by atoms with Gasteiger partial charge >= 0.3 is 0 Å². The zero-order chi connectivity index (χ0) is 19.5. The molecule has 1 saturated heterocycles. The molecule has 2 aromatic rings. The lowest BCUT2D eigenvalue weighted by Gasteiger charge is -2.27. The van der Waals surface area contributed by atoms with Crippen molar-refractivity contribution in [3.05, 3.63) is 52.9 Å². The van der Waals surface area contributed by atoms with Crippen LogP contribution in [0, 0.1) is 0 Å². The fourth-order valence-electron chi connectivity index (χ4n) is 4.52. The van der Waals surface area contributed by atoms with E-state index >= 15 is 0 Å². The van der Waals surface area contributed by atoms with Crippen molar-refractivity contribution in [1.82, 2.24) is 19.9 Å². The standard InChI is InChI=1S/C22H30N4O2/c1-3-25(4-2)19-10-12-26(15-19)22(27)21-13-20(28-23-21)16-24-11-9-17-7-5-6-8-18(17)14-24/h5-8,13,19H,3-4,9-12,14-16H2,1-2H3/t19-/m1/s1. The van der Waals surface area contributed by atoms with Gasteiger partial charge in [0.1, 0.15) is 0 Å². The van der Waals surface area contributed by atoms with Crippen LogP contribution >= 0.6 is 0 Å². The third kappa shape index (κ3) is 3.98. The van der Waals surface area contributed by atoms with E-state index in [1.165, 1.54) is 11.1 Å². The van der Waals surface area contributed by atoms with Gasteiger partial charge in [0.15, 0.2) is 11.5 Å². The number of nitrogens with zero attached hydrogens (tertiary/aromatic N) is 4. The molecule has 2 aliphatic heterocycles. The second-order valence-corrected chi connectivity index (χ2v) is 7.82. The summed E-state index contributed by atoms with van der Waals surface area (Å²) in [4.78, 5) is 19.5. The van der Waals surface area contributed by atoms with Crippen LogP contribution in [0.5, 0.6) is 0 Å². The van der Waals surface area contributed by atoms with Gasteiger partial charge < -0.3 is 9.42 Å². The maximum absolute atomic E-state index is 12.8. The zero-order valence-electron chi connectivity index (χ0n) is 16.9. The molecule has 1 aromatic carbocycles. The number of carbonyl (C=O) groups excluding carboxylic acids is 1. The Labute approximate surface area is 167 Å². The Morgan fingerprint density at radius 2 is 2.00 bits per heavy atom. The largest absolute Gasteiger partial charge is 0.359 e. The fourth-order valence-corrected chi connectivity index (χ4v) is 4.52. The highest BCUT2D eigenvalue weighted by atomic mass is 16.5. The molecule has 3 heterocycles. The van der Waals surface area contributed by atoms with E-state index in [0.717, 1.165) is 57.9 Å². The van der Waals surface area contributed by atoms with Crippen molar-refractivity contribution >= 4 is 5.91 Å². The fraction of sp³-hybridized carbons (Fsp3) is 0.545. The quantitative estimate of drug-likeness (QED) is 0.769. The number of aromatic nitrogens is 1. The number of fused-ring (bicyclic) bond motifs is 1. The predicted octanol–water partition coefficient (Wildman–Crippen LogP) is 2.79. The number of hydrogen-bond acceptors (Lipinski definition) is 5. The Hall–Kier alpha value is -2.18. The van der Waals surface area contributed by atoms with Crippen LogP contribution in [-0.4, -0.2) is 64.5 Å². The average molecular weight is 383 g/mol. The van der Waals surface area contributed by atoms with E-state index in [0.29, 0.717) is 18.3 Å². The van der Waals surface area contributed by atoms with Gasteiger partial charge in [-0.3, -0.25) is 14.6 Å². The number of benzene rings is 1. The van der Waals surface area contributed by atoms with E-state index in [-0.39, 0.29) is 5.91 Å². The van der Waals surface area contributed by atoms with Crippen molar-refractivity contribution in [1.29, 1.82) is 0 Å². The van der Waals surface area contributed by atoms with Gasteiger partial charge in [-0.05, 0) is 37.1 Å². The smallest absolute Gasteiger partial charge is 0.276 e. The first-order chi connectivity index (χ1) is 13.7. The molecule has 0 aliphatic carbocycles. The monoisotopic (exact) mass is 382 g/mol. The molecule has 6 nitrogen and oxygen atoms in total.